The molecule has 4 rings (SSSR count). The van der Waals surface area contributed by atoms with Crippen LogP contribution in [0.1, 0.15) is 11.8 Å². The van der Waals surface area contributed by atoms with E-state index in [0.29, 0.717) is 0 Å². The second-order valence-electron chi connectivity index (χ2n) is 5.58. The van der Waals surface area contributed by atoms with Gasteiger partial charge in [0, 0.05) is 40.3 Å². The van der Waals surface area contributed by atoms with Gasteiger partial charge in [0.15, 0.2) is 6.23 Å². The highest BCUT2D eigenvalue weighted by Gasteiger charge is 2.27. The van der Waals surface area contributed by atoms with Crippen molar-refractivity contribution in [2.45, 2.75) is 6.23 Å². The first-order chi connectivity index (χ1) is 11.3. The number of para-hydroxylation sites is 1. The second kappa shape index (κ2) is 6.22. The van der Waals surface area contributed by atoms with Crippen molar-refractivity contribution in [1.29, 1.82) is 0 Å². The Morgan fingerprint density at radius 2 is 1.70 bits per heavy atom. The third kappa shape index (κ3) is 2.92. The summed E-state index contributed by atoms with van der Waals surface area (Å²) in [7, 11) is 0. The van der Waals surface area contributed by atoms with Crippen molar-refractivity contribution in [3.05, 3.63) is 83.1 Å². The van der Waals surface area contributed by atoms with Crippen molar-refractivity contribution in [3.63, 3.8) is 0 Å². The minimum absolute atomic E-state index is 0.0194. The maximum atomic E-state index is 5.98. The van der Waals surface area contributed by atoms with Gasteiger partial charge in [-0.05, 0) is 42.5 Å². The number of anilines is 1. The number of aromatic nitrogens is 1. The first-order valence-electron chi connectivity index (χ1n) is 7.68. The SMILES string of the molecule is Brc1ccc(-n2ccc(C3OCCN3c3ccccc3)c2)cc1. The Labute approximate surface area is 144 Å². The number of hydrogen-bond acceptors (Lipinski definition) is 2. The summed E-state index contributed by atoms with van der Waals surface area (Å²) in [5.41, 5.74) is 3.52. The molecule has 2 heterocycles. The molecule has 4 heteroatoms. The molecule has 0 bridgehead atoms. The van der Waals surface area contributed by atoms with Gasteiger partial charge in [0.05, 0.1) is 6.61 Å². The average molecular weight is 369 g/mol. The molecule has 0 aliphatic carbocycles. The Bertz CT molecular complexity index is 783. The number of benzene rings is 2. The van der Waals surface area contributed by atoms with Crippen molar-refractivity contribution in [2.24, 2.45) is 0 Å². The third-order valence-electron chi connectivity index (χ3n) is 4.10. The lowest BCUT2D eigenvalue weighted by molar-refractivity contribution is 0.114. The summed E-state index contributed by atoms with van der Waals surface area (Å²) in [5, 5.41) is 0. The zero-order valence-electron chi connectivity index (χ0n) is 12.6. The smallest absolute Gasteiger partial charge is 0.158 e. The van der Waals surface area contributed by atoms with Crippen LogP contribution in [0.15, 0.2) is 77.5 Å². The molecule has 116 valence electrons. The molecule has 1 atom stereocenters. The van der Waals surface area contributed by atoms with E-state index < -0.39 is 0 Å². The van der Waals surface area contributed by atoms with Gasteiger partial charge in [-0.1, -0.05) is 34.1 Å². The third-order valence-corrected chi connectivity index (χ3v) is 4.63. The van der Waals surface area contributed by atoms with Crippen LogP contribution in [-0.2, 0) is 4.74 Å². The maximum absolute atomic E-state index is 5.98. The number of rotatable bonds is 3. The molecule has 3 aromatic rings. The maximum Gasteiger partial charge on any atom is 0.158 e. The van der Waals surface area contributed by atoms with Gasteiger partial charge in [0.25, 0.3) is 0 Å². The summed E-state index contributed by atoms with van der Waals surface area (Å²) in [6.07, 6.45) is 4.22. The van der Waals surface area contributed by atoms with Crippen LogP contribution < -0.4 is 4.90 Å². The van der Waals surface area contributed by atoms with Crippen LogP contribution in [0.4, 0.5) is 5.69 Å². The van der Waals surface area contributed by atoms with E-state index in [1.165, 1.54) is 11.3 Å². The molecule has 0 saturated carbocycles. The van der Waals surface area contributed by atoms with E-state index >= 15 is 0 Å². The fourth-order valence-corrected chi connectivity index (χ4v) is 3.23. The summed E-state index contributed by atoms with van der Waals surface area (Å²) in [6, 6.07) is 20.9. The summed E-state index contributed by atoms with van der Waals surface area (Å²) in [4.78, 5) is 2.31. The van der Waals surface area contributed by atoms with E-state index in [1.54, 1.807) is 0 Å². The van der Waals surface area contributed by atoms with Crippen LogP contribution in [0.5, 0.6) is 0 Å². The van der Waals surface area contributed by atoms with Crippen LogP contribution >= 0.6 is 15.9 Å². The van der Waals surface area contributed by atoms with Crippen LogP contribution in [0.25, 0.3) is 5.69 Å². The van der Waals surface area contributed by atoms with Crippen LogP contribution in [0.3, 0.4) is 0 Å². The van der Waals surface area contributed by atoms with Gasteiger partial charge < -0.3 is 14.2 Å². The molecule has 2 aromatic carbocycles. The number of hydrogen-bond donors (Lipinski definition) is 0. The van der Waals surface area contributed by atoms with Crippen molar-refractivity contribution < 1.29 is 4.74 Å². The topological polar surface area (TPSA) is 17.4 Å². The van der Waals surface area contributed by atoms with Crippen LogP contribution in [-0.4, -0.2) is 17.7 Å². The Kier molecular flexibility index (Phi) is 3.93. The molecular formula is C19H17BrN2O. The lowest BCUT2D eigenvalue weighted by Crippen LogP contribution is -2.22. The van der Waals surface area contributed by atoms with Gasteiger partial charge in [-0.15, -0.1) is 0 Å². The van der Waals surface area contributed by atoms with Crippen LogP contribution in [0.2, 0.25) is 0 Å². The lowest BCUT2D eigenvalue weighted by atomic mass is 10.2. The fraction of sp³-hybridized carbons (Fsp3) is 0.158. The standard InChI is InChI=1S/C19H17BrN2O/c20-16-6-8-17(9-7-16)21-11-10-15(14-21)19-22(12-13-23-19)18-4-2-1-3-5-18/h1-11,14,19H,12-13H2. The molecule has 23 heavy (non-hydrogen) atoms. The van der Waals surface area contributed by atoms with E-state index in [-0.39, 0.29) is 6.23 Å². The molecule has 0 spiro atoms. The Balaban J connectivity index is 1.62. The van der Waals surface area contributed by atoms with Crippen molar-refractivity contribution in [1.82, 2.24) is 4.57 Å². The second-order valence-corrected chi connectivity index (χ2v) is 6.50. The normalized spacial score (nSPS) is 17.6. The summed E-state index contributed by atoms with van der Waals surface area (Å²) >= 11 is 3.47. The van der Waals surface area contributed by atoms with E-state index in [1.807, 2.05) is 6.07 Å². The predicted octanol–water partition coefficient (Wildman–Crippen LogP) is 4.78. The highest BCUT2D eigenvalue weighted by atomic mass is 79.9. The molecule has 1 aliphatic rings. The first-order valence-corrected chi connectivity index (χ1v) is 8.48. The summed E-state index contributed by atoms with van der Waals surface area (Å²) in [5.74, 6) is 0. The fourth-order valence-electron chi connectivity index (χ4n) is 2.96. The van der Waals surface area contributed by atoms with E-state index in [4.69, 9.17) is 4.74 Å². The van der Waals surface area contributed by atoms with Gasteiger partial charge in [0.1, 0.15) is 0 Å². The first kappa shape index (κ1) is 14.5. The molecule has 1 saturated heterocycles. The summed E-state index contributed by atoms with van der Waals surface area (Å²) < 4.78 is 9.20. The Morgan fingerprint density at radius 1 is 0.913 bits per heavy atom. The number of nitrogens with zero attached hydrogens (tertiary/aromatic N) is 2. The minimum Gasteiger partial charge on any atom is -0.352 e. The molecule has 0 N–H and O–H groups in total. The molecule has 3 nitrogen and oxygen atoms in total. The zero-order chi connectivity index (χ0) is 15.6. The molecule has 1 aromatic heterocycles. The number of ether oxygens (including phenoxy) is 1. The number of halogens is 1. The molecule has 1 fully saturated rings. The van der Waals surface area contributed by atoms with Crippen molar-refractivity contribution in [3.8, 4) is 5.69 Å². The molecule has 0 amide bonds. The minimum atomic E-state index is -0.0194. The zero-order valence-corrected chi connectivity index (χ0v) is 14.2. The summed E-state index contributed by atoms with van der Waals surface area (Å²) in [6.45, 7) is 1.67. The van der Waals surface area contributed by atoms with E-state index in [9.17, 15) is 0 Å². The van der Waals surface area contributed by atoms with Gasteiger partial charge in [-0.3, -0.25) is 0 Å². The molecule has 1 unspecified atom stereocenters. The van der Waals surface area contributed by atoms with Crippen molar-refractivity contribution >= 4 is 21.6 Å². The Hall–Kier alpha value is -2.04. The lowest BCUT2D eigenvalue weighted by Gasteiger charge is -2.24. The van der Waals surface area contributed by atoms with Gasteiger partial charge in [-0.25, -0.2) is 0 Å². The highest BCUT2D eigenvalue weighted by molar-refractivity contribution is 9.10. The monoisotopic (exact) mass is 368 g/mol. The largest absolute Gasteiger partial charge is 0.352 e. The molecule has 0 radical (unpaired) electrons. The van der Waals surface area contributed by atoms with Gasteiger partial charge in [0.2, 0.25) is 0 Å². The van der Waals surface area contributed by atoms with E-state index in [2.05, 4.69) is 92.4 Å². The molecular weight excluding hydrogens is 352 g/mol. The average Bonchev–Trinajstić information content (AvgIpc) is 3.25. The van der Waals surface area contributed by atoms with E-state index in [0.717, 1.165) is 23.3 Å². The Morgan fingerprint density at radius 3 is 2.48 bits per heavy atom. The van der Waals surface area contributed by atoms with Gasteiger partial charge in [-0.2, -0.15) is 0 Å². The molecule has 1 aliphatic heterocycles. The quantitative estimate of drug-likeness (QED) is 0.661. The van der Waals surface area contributed by atoms with Gasteiger partial charge >= 0.3 is 0 Å². The van der Waals surface area contributed by atoms with Crippen LogP contribution in [0, 0.1) is 0 Å². The van der Waals surface area contributed by atoms with Crippen molar-refractivity contribution in [2.75, 3.05) is 18.1 Å². The predicted molar refractivity (Wildman–Crippen MR) is 96.0 cm³/mol. The highest BCUT2D eigenvalue weighted by Crippen LogP contribution is 2.32.